The Morgan fingerprint density at radius 2 is 1.87 bits per heavy atom. The van der Waals surface area contributed by atoms with Crippen LogP contribution in [0.25, 0.3) is 0 Å². The van der Waals surface area contributed by atoms with Crippen molar-refractivity contribution in [1.29, 1.82) is 0 Å². The zero-order valence-corrected chi connectivity index (χ0v) is 14.6. The van der Waals surface area contributed by atoms with E-state index in [4.69, 9.17) is 14.2 Å². The van der Waals surface area contributed by atoms with Gasteiger partial charge in [-0.25, -0.2) is 9.59 Å². The number of amides is 1. The average Bonchev–Trinajstić information content (AvgIpc) is 2.97. The van der Waals surface area contributed by atoms with Gasteiger partial charge < -0.3 is 14.2 Å². The Kier molecular flexibility index (Phi) is 6.56. The van der Waals surface area contributed by atoms with Crippen molar-refractivity contribution in [2.24, 2.45) is 0 Å². The van der Waals surface area contributed by atoms with Crippen molar-refractivity contribution >= 4 is 29.4 Å². The number of hydrogen-bond donors (Lipinski definition) is 0. The van der Waals surface area contributed by atoms with Crippen LogP contribution in [0.3, 0.4) is 0 Å². The van der Waals surface area contributed by atoms with E-state index in [2.05, 4.69) is 0 Å². The third-order valence-electron chi connectivity index (χ3n) is 2.68. The zero-order chi connectivity index (χ0) is 17.6. The van der Waals surface area contributed by atoms with E-state index >= 15 is 0 Å². The number of nitrogens with zero attached hydrogens (tertiary/aromatic N) is 1. The van der Waals surface area contributed by atoms with Crippen molar-refractivity contribution in [3.05, 3.63) is 22.4 Å². The first-order valence-electron chi connectivity index (χ1n) is 6.87. The zero-order valence-electron chi connectivity index (χ0n) is 13.8. The van der Waals surface area contributed by atoms with Gasteiger partial charge in [-0.05, 0) is 32.2 Å². The van der Waals surface area contributed by atoms with Gasteiger partial charge in [-0.2, -0.15) is 0 Å². The SMILES string of the molecule is COC(=O)C(c1cccs1)N(CC(=O)OC(C)(C)C)C(=O)OC. The van der Waals surface area contributed by atoms with Gasteiger partial charge in [-0.15, -0.1) is 11.3 Å². The van der Waals surface area contributed by atoms with E-state index in [0.717, 1.165) is 4.90 Å². The molecule has 1 aromatic heterocycles. The van der Waals surface area contributed by atoms with Gasteiger partial charge in [-0.1, -0.05) is 6.07 Å². The highest BCUT2D eigenvalue weighted by Crippen LogP contribution is 2.27. The molecule has 0 aliphatic rings. The van der Waals surface area contributed by atoms with E-state index in [9.17, 15) is 14.4 Å². The summed E-state index contributed by atoms with van der Waals surface area (Å²) in [6, 6.07) is 2.34. The third-order valence-corrected chi connectivity index (χ3v) is 3.60. The second kappa shape index (κ2) is 7.96. The predicted molar refractivity (Wildman–Crippen MR) is 84.0 cm³/mol. The summed E-state index contributed by atoms with van der Waals surface area (Å²) in [6.45, 7) is 4.71. The normalized spacial score (nSPS) is 12.2. The lowest BCUT2D eigenvalue weighted by atomic mass is 10.2. The summed E-state index contributed by atoms with van der Waals surface area (Å²) in [7, 11) is 2.39. The van der Waals surface area contributed by atoms with Crippen LogP contribution in [0, 0.1) is 0 Å². The van der Waals surface area contributed by atoms with Gasteiger partial charge in [0.1, 0.15) is 12.1 Å². The fraction of sp³-hybridized carbons (Fsp3) is 0.533. The largest absolute Gasteiger partial charge is 0.467 e. The predicted octanol–water partition coefficient (Wildman–Crippen LogP) is 2.37. The molecule has 7 nitrogen and oxygen atoms in total. The molecule has 8 heteroatoms. The number of thiophene rings is 1. The molecule has 0 aromatic carbocycles. The van der Waals surface area contributed by atoms with Crippen molar-refractivity contribution in [3.63, 3.8) is 0 Å². The molecule has 0 fully saturated rings. The highest BCUT2D eigenvalue weighted by molar-refractivity contribution is 7.10. The summed E-state index contributed by atoms with van der Waals surface area (Å²) in [5.74, 6) is -1.31. The first kappa shape index (κ1) is 19.0. The molecule has 0 bridgehead atoms. The molecule has 0 radical (unpaired) electrons. The van der Waals surface area contributed by atoms with Crippen LogP contribution >= 0.6 is 11.3 Å². The van der Waals surface area contributed by atoms with Crippen LogP contribution in [0.4, 0.5) is 4.79 Å². The van der Waals surface area contributed by atoms with Gasteiger partial charge >= 0.3 is 18.0 Å². The molecule has 1 heterocycles. The van der Waals surface area contributed by atoms with Crippen LogP contribution in [-0.2, 0) is 23.8 Å². The minimum absolute atomic E-state index is 0.429. The Labute approximate surface area is 139 Å². The maximum absolute atomic E-state index is 12.1. The van der Waals surface area contributed by atoms with E-state index in [0.29, 0.717) is 4.88 Å². The first-order chi connectivity index (χ1) is 10.7. The van der Waals surface area contributed by atoms with Gasteiger partial charge in [0.25, 0.3) is 0 Å². The maximum Gasteiger partial charge on any atom is 0.411 e. The lowest BCUT2D eigenvalue weighted by Crippen LogP contribution is -2.43. The summed E-state index contributed by atoms with van der Waals surface area (Å²) in [4.78, 5) is 37.8. The summed E-state index contributed by atoms with van der Waals surface area (Å²) < 4.78 is 14.7. The Morgan fingerprint density at radius 3 is 2.30 bits per heavy atom. The minimum Gasteiger partial charge on any atom is -0.467 e. The van der Waals surface area contributed by atoms with Crippen molar-refractivity contribution in [2.45, 2.75) is 32.4 Å². The molecule has 128 valence electrons. The Balaban J connectivity index is 3.09. The summed E-state index contributed by atoms with van der Waals surface area (Å²) >= 11 is 1.27. The highest BCUT2D eigenvalue weighted by Gasteiger charge is 2.36. The van der Waals surface area contributed by atoms with Crippen LogP contribution in [-0.4, -0.2) is 49.3 Å². The van der Waals surface area contributed by atoms with Gasteiger partial charge in [0, 0.05) is 4.88 Å². The molecule has 1 atom stereocenters. The Morgan fingerprint density at radius 1 is 1.22 bits per heavy atom. The van der Waals surface area contributed by atoms with E-state index in [1.807, 2.05) is 0 Å². The van der Waals surface area contributed by atoms with Crippen LogP contribution in [0.15, 0.2) is 17.5 Å². The summed E-state index contributed by atoms with van der Waals surface area (Å²) in [5, 5.41) is 1.76. The van der Waals surface area contributed by atoms with Crippen molar-refractivity contribution in [2.75, 3.05) is 20.8 Å². The second-order valence-electron chi connectivity index (χ2n) is 5.63. The molecule has 0 spiro atoms. The van der Waals surface area contributed by atoms with Gasteiger partial charge in [-0.3, -0.25) is 9.69 Å². The van der Waals surface area contributed by atoms with E-state index in [1.54, 1.807) is 38.3 Å². The van der Waals surface area contributed by atoms with Crippen LogP contribution < -0.4 is 0 Å². The average molecular weight is 343 g/mol. The highest BCUT2D eigenvalue weighted by atomic mass is 32.1. The van der Waals surface area contributed by atoms with Crippen molar-refractivity contribution in [1.82, 2.24) is 4.90 Å². The molecule has 1 aromatic rings. The van der Waals surface area contributed by atoms with Gasteiger partial charge in [0.15, 0.2) is 6.04 Å². The Bertz CT molecular complexity index is 549. The summed E-state index contributed by atoms with van der Waals surface area (Å²) in [5.41, 5.74) is -0.706. The molecule has 0 saturated heterocycles. The van der Waals surface area contributed by atoms with Crippen LogP contribution in [0.1, 0.15) is 31.7 Å². The van der Waals surface area contributed by atoms with Crippen molar-refractivity contribution < 1.29 is 28.6 Å². The fourth-order valence-electron chi connectivity index (χ4n) is 1.85. The van der Waals surface area contributed by atoms with Crippen molar-refractivity contribution in [3.8, 4) is 0 Å². The fourth-order valence-corrected chi connectivity index (χ4v) is 2.67. The molecule has 1 amide bonds. The Hall–Kier alpha value is -2.09. The molecular weight excluding hydrogens is 322 g/mol. The molecule has 0 aliphatic heterocycles. The summed E-state index contributed by atoms with van der Waals surface area (Å²) in [6.07, 6.45) is -0.820. The number of rotatable bonds is 5. The lowest BCUT2D eigenvalue weighted by Gasteiger charge is -2.28. The minimum atomic E-state index is -1.07. The monoisotopic (exact) mass is 343 g/mol. The van der Waals surface area contributed by atoms with Crippen LogP contribution in [0.5, 0.6) is 0 Å². The lowest BCUT2D eigenvalue weighted by molar-refractivity contribution is -0.158. The standard InChI is InChI=1S/C15H21NO6S/c1-15(2,3)22-11(17)9-16(14(19)21-5)12(13(18)20-4)10-7-6-8-23-10/h6-8,12H,9H2,1-5H3. The van der Waals surface area contributed by atoms with Gasteiger partial charge in [0.2, 0.25) is 0 Å². The third kappa shape index (κ3) is 5.55. The number of ether oxygens (including phenoxy) is 3. The quantitative estimate of drug-likeness (QED) is 0.603. The number of esters is 2. The number of carbonyl (C=O) groups is 3. The van der Waals surface area contributed by atoms with E-state index < -0.39 is 36.2 Å². The number of hydrogen-bond acceptors (Lipinski definition) is 7. The topological polar surface area (TPSA) is 82.1 Å². The molecule has 1 rings (SSSR count). The second-order valence-corrected chi connectivity index (χ2v) is 6.60. The number of carbonyl (C=O) groups excluding carboxylic acids is 3. The van der Waals surface area contributed by atoms with Crippen LogP contribution in [0.2, 0.25) is 0 Å². The molecule has 0 aliphatic carbocycles. The van der Waals surface area contributed by atoms with Gasteiger partial charge in [0.05, 0.1) is 14.2 Å². The maximum atomic E-state index is 12.1. The first-order valence-corrected chi connectivity index (χ1v) is 7.75. The molecule has 1 unspecified atom stereocenters. The van der Waals surface area contributed by atoms with E-state index in [1.165, 1.54) is 25.6 Å². The molecular formula is C15H21NO6S. The molecule has 0 saturated carbocycles. The molecule has 0 N–H and O–H groups in total. The smallest absolute Gasteiger partial charge is 0.411 e. The molecule has 23 heavy (non-hydrogen) atoms. The van der Waals surface area contributed by atoms with E-state index in [-0.39, 0.29) is 0 Å². The number of methoxy groups -OCH3 is 2.